The molecule has 0 saturated carbocycles. The van der Waals surface area contributed by atoms with Crippen LogP contribution in [0.15, 0.2) is 18.2 Å². The molecule has 1 unspecified atom stereocenters. The number of hydrogen-bond donors (Lipinski definition) is 2. The lowest BCUT2D eigenvalue weighted by Crippen LogP contribution is -2.38. The Bertz CT molecular complexity index is 435. The van der Waals surface area contributed by atoms with Gasteiger partial charge < -0.3 is 11.5 Å². The predicted molar refractivity (Wildman–Crippen MR) is 62.6 cm³/mol. The fourth-order valence-electron chi connectivity index (χ4n) is 1.12. The molecular formula is C10H10Cl2N2O2. The van der Waals surface area contributed by atoms with Gasteiger partial charge in [0.25, 0.3) is 0 Å². The zero-order chi connectivity index (χ0) is 12.3. The number of carbonyl (C=O) groups is 2. The van der Waals surface area contributed by atoms with Crippen LogP contribution in [0.2, 0.25) is 10.0 Å². The fraction of sp³-hybridized carbons (Fsp3) is 0.200. The Kier molecular flexibility index (Phi) is 4.29. The lowest BCUT2D eigenvalue weighted by molar-refractivity contribution is -0.119. The lowest BCUT2D eigenvalue weighted by Gasteiger charge is -2.07. The van der Waals surface area contributed by atoms with E-state index >= 15 is 0 Å². The van der Waals surface area contributed by atoms with E-state index in [-0.39, 0.29) is 22.8 Å². The van der Waals surface area contributed by atoms with Crippen LogP contribution in [-0.4, -0.2) is 17.7 Å². The summed E-state index contributed by atoms with van der Waals surface area (Å²) in [6.07, 6.45) is -0.185. The summed E-state index contributed by atoms with van der Waals surface area (Å²) < 4.78 is 0. The summed E-state index contributed by atoms with van der Waals surface area (Å²) in [5, 5.41) is 0.659. The van der Waals surface area contributed by atoms with Crippen LogP contribution in [0.1, 0.15) is 16.8 Å². The SMILES string of the molecule is NC(=O)C(N)CC(=O)c1cc(Cl)ccc1Cl. The summed E-state index contributed by atoms with van der Waals surface area (Å²) in [5.74, 6) is -1.09. The molecule has 1 aromatic carbocycles. The predicted octanol–water partition coefficient (Wildman–Crippen LogP) is 1.38. The van der Waals surface area contributed by atoms with Crippen molar-refractivity contribution >= 4 is 34.9 Å². The van der Waals surface area contributed by atoms with Gasteiger partial charge in [0.15, 0.2) is 5.78 Å². The molecule has 0 spiro atoms. The number of benzene rings is 1. The summed E-state index contributed by atoms with van der Waals surface area (Å²) in [6, 6.07) is 3.49. The Morgan fingerprint density at radius 3 is 2.50 bits per heavy atom. The van der Waals surface area contributed by atoms with Crippen LogP contribution in [0.4, 0.5) is 0 Å². The summed E-state index contributed by atoms with van der Waals surface area (Å²) in [5.41, 5.74) is 10.6. The average Bonchev–Trinajstić information content (AvgIpc) is 2.21. The van der Waals surface area contributed by atoms with E-state index in [1.807, 2.05) is 0 Å². The van der Waals surface area contributed by atoms with E-state index in [2.05, 4.69) is 0 Å². The third-order valence-corrected chi connectivity index (χ3v) is 2.56. The molecule has 1 amide bonds. The number of hydrogen-bond acceptors (Lipinski definition) is 3. The van der Waals surface area contributed by atoms with Gasteiger partial charge in [0, 0.05) is 17.0 Å². The lowest BCUT2D eigenvalue weighted by atomic mass is 10.0. The fourth-order valence-corrected chi connectivity index (χ4v) is 1.52. The summed E-state index contributed by atoms with van der Waals surface area (Å²) in [6.45, 7) is 0. The van der Waals surface area contributed by atoms with E-state index in [1.165, 1.54) is 12.1 Å². The minimum absolute atomic E-state index is 0.185. The van der Waals surface area contributed by atoms with Gasteiger partial charge in [-0.3, -0.25) is 9.59 Å². The molecule has 0 fully saturated rings. The number of nitrogens with two attached hydrogens (primary N) is 2. The van der Waals surface area contributed by atoms with Gasteiger partial charge in [-0.15, -0.1) is 0 Å². The molecule has 1 atom stereocenters. The van der Waals surface area contributed by atoms with Gasteiger partial charge in [0.1, 0.15) is 0 Å². The zero-order valence-electron chi connectivity index (χ0n) is 8.24. The van der Waals surface area contributed by atoms with Crippen molar-refractivity contribution in [2.24, 2.45) is 11.5 Å². The topological polar surface area (TPSA) is 86.2 Å². The molecule has 1 aromatic rings. The molecule has 0 aliphatic rings. The number of ketones is 1. The minimum Gasteiger partial charge on any atom is -0.368 e. The van der Waals surface area contributed by atoms with Crippen molar-refractivity contribution in [2.75, 3.05) is 0 Å². The monoisotopic (exact) mass is 260 g/mol. The van der Waals surface area contributed by atoms with E-state index in [1.54, 1.807) is 6.07 Å². The van der Waals surface area contributed by atoms with Crippen LogP contribution < -0.4 is 11.5 Å². The molecule has 1 rings (SSSR count). The number of primary amides is 1. The third-order valence-electron chi connectivity index (χ3n) is 2.00. The van der Waals surface area contributed by atoms with Gasteiger partial charge in [-0.2, -0.15) is 0 Å². The highest BCUT2D eigenvalue weighted by Gasteiger charge is 2.18. The maximum atomic E-state index is 11.7. The highest BCUT2D eigenvalue weighted by Crippen LogP contribution is 2.22. The molecule has 0 aromatic heterocycles. The maximum absolute atomic E-state index is 11.7. The van der Waals surface area contributed by atoms with E-state index in [4.69, 9.17) is 34.7 Å². The van der Waals surface area contributed by atoms with Crippen molar-refractivity contribution in [2.45, 2.75) is 12.5 Å². The van der Waals surface area contributed by atoms with Crippen LogP contribution in [0.25, 0.3) is 0 Å². The van der Waals surface area contributed by atoms with Crippen molar-refractivity contribution in [1.29, 1.82) is 0 Å². The molecular weight excluding hydrogens is 251 g/mol. The average molecular weight is 261 g/mol. The van der Waals surface area contributed by atoms with Gasteiger partial charge in [-0.05, 0) is 18.2 Å². The van der Waals surface area contributed by atoms with Crippen molar-refractivity contribution in [3.05, 3.63) is 33.8 Å². The minimum atomic E-state index is -1.01. The number of carbonyl (C=O) groups excluding carboxylic acids is 2. The summed E-state index contributed by atoms with van der Waals surface area (Å²) in [7, 11) is 0. The van der Waals surface area contributed by atoms with Gasteiger partial charge in [-0.1, -0.05) is 23.2 Å². The number of halogens is 2. The molecule has 6 heteroatoms. The molecule has 86 valence electrons. The van der Waals surface area contributed by atoms with Crippen LogP contribution in [0.3, 0.4) is 0 Å². The van der Waals surface area contributed by atoms with E-state index in [0.29, 0.717) is 5.02 Å². The first-order valence-corrected chi connectivity index (χ1v) is 5.20. The summed E-state index contributed by atoms with van der Waals surface area (Å²) >= 11 is 11.5. The van der Waals surface area contributed by atoms with Crippen molar-refractivity contribution in [1.82, 2.24) is 0 Å². The molecule has 0 heterocycles. The summed E-state index contributed by atoms with van der Waals surface area (Å²) in [4.78, 5) is 22.4. The Hall–Kier alpha value is -1.10. The number of rotatable bonds is 4. The molecule has 16 heavy (non-hydrogen) atoms. The van der Waals surface area contributed by atoms with Crippen molar-refractivity contribution < 1.29 is 9.59 Å². The Labute approximate surface area is 103 Å². The van der Waals surface area contributed by atoms with Crippen LogP contribution in [0.5, 0.6) is 0 Å². The molecule has 0 saturated heterocycles. The molecule has 0 radical (unpaired) electrons. The molecule has 4 nitrogen and oxygen atoms in total. The molecule has 0 aliphatic carbocycles. The smallest absolute Gasteiger partial charge is 0.234 e. The second-order valence-corrected chi connectivity index (χ2v) is 4.10. The highest BCUT2D eigenvalue weighted by atomic mass is 35.5. The Morgan fingerprint density at radius 2 is 1.94 bits per heavy atom. The first kappa shape index (κ1) is 13.0. The van der Waals surface area contributed by atoms with E-state index in [0.717, 1.165) is 0 Å². The van der Waals surface area contributed by atoms with Crippen LogP contribution in [-0.2, 0) is 4.79 Å². The second-order valence-electron chi connectivity index (χ2n) is 3.26. The molecule has 4 N–H and O–H groups in total. The van der Waals surface area contributed by atoms with Crippen molar-refractivity contribution in [3.63, 3.8) is 0 Å². The van der Waals surface area contributed by atoms with E-state index < -0.39 is 11.9 Å². The van der Waals surface area contributed by atoms with Gasteiger partial charge in [0.05, 0.1) is 11.1 Å². The molecule has 0 bridgehead atoms. The van der Waals surface area contributed by atoms with Crippen LogP contribution >= 0.6 is 23.2 Å². The quantitative estimate of drug-likeness (QED) is 0.802. The number of amides is 1. The first-order chi connectivity index (χ1) is 7.41. The van der Waals surface area contributed by atoms with Gasteiger partial charge in [0.2, 0.25) is 5.91 Å². The zero-order valence-corrected chi connectivity index (χ0v) is 9.76. The highest BCUT2D eigenvalue weighted by molar-refractivity contribution is 6.35. The van der Waals surface area contributed by atoms with Crippen molar-refractivity contribution in [3.8, 4) is 0 Å². The normalized spacial score (nSPS) is 12.2. The van der Waals surface area contributed by atoms with E-state index in [9.17, 15) is 9.59 Å². The largest absolute Gasteiger partial charge is 0.368 e. The molecule has 0 aliphatic heterocycles. The Balaban J connectivity index is 2.88. The number of Topliss-reactive ketones (excluding diaryl/α,β-unsaturated/α-hetero) is 1. The van der Waals surface area contributed by atoms with Crippen LogP contribution in [0, 0.1) is 0 Å². The maximum Gasteiger partial charge on any atom is 0.234 e. The van der Waals surface area contributed by atoms with Gasteiger partial charge in [-0.25, -0.2) is 0 Å². The van der Waals surface area contributed by atoms with Gasteiger partial charge >= 0.3 is 0 Å². The Morgan fingerprint density at radius 1 is 1.31 bits per heavy atom. The second kappa shape index (κ2) is 5.30. The first-order valence-electron chi connectivity index (χ1n) is 4.45. The third kappa shape index (κ3) is 3.20. The standard InChI is InChI=1S/C10H10Cl2N2O2/c11-5-1-2-7(12)6(3-5)9(15)4-8(13)10(14)16/h1-3,8H,4,13H2,(H2,14,16).